The molecule has 4 rings (SSSR count). The topological polar surface area (TPSA) is 70.6 Å². The van der Waals surface area contributed by atoms with Gasteiger partial charge in [0.05, 0.1) is 19.9 Å². The van der Waals surface area contributed by atoms with Crippen LogP contribution in [0, 0.1) is 0 Å². The van der Waals surface area contributed by atoms with Gasteiger partial charge in [0.25, 0.3) is 11.8 Å². The molecule has 10 heteroatoms. The van der Waals surface area contributed by atoms with Crippen molar-refractivity contribution in [3.63, 3.8) is 0 Å². The normalized spacial score (nSPS) is 11.6. The van der Waals surface area contributed by atoms with Gasteiger partial charge in [-0.3, -0.25) is 9.59 Å². The number of nitrogens with zero attached hydrogens (tertiary/aromatic N) is 1. The van der Waals surface area contributed by atoms with E-state index in [4.69, 9.17) is 34.8 Å². The summed E-state index contributed by atoms with van der Waals surface area (Å²) in [6.45, 7) is 1.77. The standard InChI is InChI=1S/C22H14Cl3N3O2S2/c1-11(12-2-5-14(6-3-12)26-21(29)16-8-9-18(24)31-16)27-28-22(30)20-19(25)15-7-4-13(23)10-17(15)32-20/h2-10H,1H3,(H,26,29)(H,28,30). The molecule has 0 saturated heterocycles. The van der Waals surface area contributed by atoms with E-state index in [1.165, 1.54) is 22.7 Å². The molecule has 2 aromatic heterocycles. The van der Waals surface area contributed by atoms with E-state index < -0.39 is 5.91 Å². The second-order valence-electron chi connectivity index (χ2n) is 6.66. The number of amides is 2. The first-order valence-electron chi connectivity index (χ1n) is 9.21. The first-order valence-corrected chi connectivity index (χ1v) is 12.0. The van der Waals surface area contributed by atoms with Crippen LogP contribution in [0.3, 0.4) is 0 Å². The Balaban J connectivity index is 1.43. The fraction of sp³-hybridized carbons (Fsp3) is 0.0455. The Morgan fingerprint density at radius 2 is 1.66 bits per heavy atom. The second kappa shape index (κ2) is 9.60. The summed E-state index contributed by atoms with van der Waals surface area (Å²) in [5.41, 5.74) is 4.57. The average molecular weight is 523 g/mol. The van der Waals surface area contributed by atoms with Crippen LogP contribution < -0.4 is 10.7 Å². The molecule has 0 aliphatic rings. The molecule has 0 saturated carbocycles. The van der Waals surface area contributed by atoms with Crippen LogP contribution in [-0.4, -0.2) is 17.5 Å². The highest BCUT2D eigenvalue weighted by atomic mass is 35.5. The lowest BCUT2D eigenvalue weighted by Crippen LogP contribution is -2.18. The zero-order valence-electron chi connectivity index (χ0n) is 16.4. The Morgan fingerprint density at radius 1 is 0.906 bits per heavy atom. The van der Waals surface area contributed by atoms with Crippen LogP contribution in [0.25, 0.3) is 10.1 Å². The quantitative estimate of drug-likeness (QED) is 0.213. The van der Waals surface area contributed by atoms with E-state index in [-0.39, 0.29) is 5.91 Å². The Morgan fingerprint density at radius 3 is 2.34 bits per heavy atom. The zero-order valence-corrected chi connectivity index (χ0v) is 20.3. The number of nitrogens with one attached hydrogen (secondary N) is 2. The van der Waals surface area contributed by atoms with E-state index in [1.54, 1.807) is 61.5 Å². The molecule has 5 nitrogen and oxygen atoms in total. The number of rotatable bonds is 5. The molecule has 0 unspecified atom stereocenters. The number of halogens is 3. The van der Waals surface area contributed by atoms with Crippen LogP contribution in [0.1, 0.15) is 31.8 Å². The molecular weight excluding hydrogens is 509 g/mol. The molecule has 0 radical (unpaired) electrons. The summed E-state index contributed by atoms with van der Waals surface area (Å²) in [4.78, 5) is 25.7. The maximum atomic E-state index is 12.6. The number of hydrazone groups is 1. The minimum absolute atomic E-state index is 0.228. The smallest absolute Gasteiger partial charge is 0.283 e. The third-order valence-electron chi connectivity index (χ3n) is 4.48. The van der Waals surface area contributed by atoms with Gasteiger partial charge in [-0.2, -0.15) is 5.10 Å². The van der Waals surface area contributed by atoms with E-state index in [2.05, 4.69) is 15.8 Å². The number of hydrogen-bond donors (Lipinski definition) is 2. The summed E-state index contributed by atoms with van der Waals surface area (Å²) in [5, 5.41) is 8.72. The van der Waals surface area contributed by atoms with Gasteiger partial charge in [-0.15, -0.1) is 22.7 Å². The summed E-state index contributed by atoms with van der Waals surface area (Å²) in [5.74, 6) is -0.626. The van der Waals surface area contributed by atoms with Gasteiger partial charge in [-0.1, -0.05) is 53.0 Å². The third kappa shape index (κ3) is 4.98. The highest BCUT2D eigenvalue weighted by Crippen LogP contribution is 2.36. The highest BCUT2D eigenvalue weighted by molar-refractivity contribution is 7.21. The van der Waals surface area contributed by atoms with Gasteiger partial charge < -0.3 is 5.32 Å². The fourth-order valence-corrected chi connectivity index (χ4v) is 5.48. The van der Waals surface area contributed by atoms with Crippen molar-refractivity contribution in [3.8, 4) is 0 Å². The first kappa shape index (κ1) is 22.8. The fourth-order valence-electron chi connectivity index (χ4n) is 2.86. The Hall–Kier alpha value is -2.42. The minimum Gasteiger partial charge on any atom is -0.321 e. The number of fused-ring (bicyclic) bond motifs is 1. The molecule has 0 aliphatic carbocycles. The lowest BCUT2D eigenvalue weighted by atomic mass is 10.1. The molecule has 0 spiro atoms. The Bertz CT molecular complexity index is 1360. The number of thiophene rings is 2. The lowest BCUT2D eigenvalue weighted by molar-refractivity contribution is 0.0958. The van der Waals surface area contributed by atoms with Crippen LogP contribution in [0.4, 0.5) is 5.69 Å². The predicted octanol–water partition coefficient (Wildman–Crippen LogP) is 7.33. The largest absolute Gasteiger partial charge is 0.321 e. The Kier molecular flexibility index (Phi) is 6.83. The summed E-state index contributed by atoms with van der Waals surface area (Å²) < 4.78 is 1.39. The van der Waals surface area contributed by atoms with Gasteiger partial charge in [0.2, 0.25) is 0 Å². The van der Waals surface area contributed by atoms with E-state index >= 15 is 0 Å². The van der Waals surface area contributed by atoms with Crippen LogP contribution in [0.5, 0.6) is 0 Å². The van der Waals surface area contributed by atoms with E-state index in [1.807, 2.05) is 0 Å². The number of hydrogen-bond acceptors (Lipinski definition) is 5. The predicted molar refractivity (Wildman–Crippen MR) is 135 cm³/mol. The second-order valence-corrected chi connectivity index (χ2v) is 10.2. The molecule has 2 aromatic carbocycles. The Labute approximate surface area is 206 Å². The van der Waals surface area contributed by atoms with Crippen molar-refractivity contribution in [2.75, 3.05) is 5.32 Å². The zero-order chi connectivity index (χ0) is 22.8. The van der Waals surface area contributed by atoms with Crippen LogP contribution in [0.2, 0.25) is 14.4 Å². The summed E-state index contributed by atoms with van der Waals surface area (Å²) >= 11 is 20.7. The molecule has 162 valence electrons. The van der Waals surface area contributed by atoms with Gasteiger partial charge in [0.15, 0.2) is 0 Å². The van der Waals surface area contributed by atoms with Crippen LogP contribution >= 0.6 is 57.5 Å². The van der Waals surface area contributed by atoms with E-state index in [9.17, 15) is 9.59 Å². The molecule has 2 N–H and O–H groups in total. The van der Waals surface area contributed by atoms with Gasteiger partial charge in [-0.25, -0.2) is 5.43 Å². The van der Waals surface area contributed by atoms with Gasteiger partial charge in [0, 0.05) is 20.8 Å². The van der Waals surface area contributed by atoms with Gasteiger partial charge >= 0.3 is 0 Å². The highest BCUT2D eigenvalue weighted by Gasteiger charge is 2.17. The van der Waals surface area contributed by atoms with Crippen LogP contribution in [0.15, 0.2) is 59.7 Å². The summed E-state index contributed by atoms with van der Waals surface area (Å²) in [6.07, 6.45) is 0. The van der Waals surface area contributed by atoms with Gasteiger partial charge in [0.1, 0.15) is 4.88 Å². The van der Waals surface area contributed by atoms with Crippen molar-refractivity contribution >= 4 is 90.8 Å². The maximum Gasteiger partial charge on any atom is 0.283 e. The lowest BCUT2D eigenvalue weighted by Gasteiger charge is -2.06. The van der Waals surface area contributed by atoms with Crippen molar-refractivity contribution in [3.05, 3.63) is 84.3 Å². The number of benzene rings is 2. The molecule has 2 amide bonds. The molecule has 0 atom stereocenters. The van der Waals surface area contributed by atoms with E-state index in [0.717, 1.165) is 15.6 Å². The molecular formula is C22H14Cl3N3O2S2. The molecule has 0 bridgehead atoms. The SMILES string of the molecule is CC(=NNC(=O)c1sc2cc(Cl)ccc2c1Cl)c1ccc(NC(=O)c2ccc(Cl)s2)cc1. The number of carbonyl (C=O) groups excluding carboxylic acids is 2. The van der Waals surface area contributed by atoms with Crippen LogP contribution in [-0.2, 0) is 0 Å². The van der Waals surface area contributed by atoms with E-state index in [0.29, 0.717) is 35.5 Å². The average Bonchev–Trinajstić information content (AvgIpc) is 3.35. The molecule has 2 heterocycles. The van der Waals surface area contributed by atoms with Crippen molar-refractivity contribution in [2.24, 2.45) is 5.10 Å². The minimum atomic E-state index is -0.398. The molecule has 0 fully saturated rings. The van der Waals surface area contributed by atoms with Crippen molar-refractivity contribution in [1.29, 1.82) is 0 Å². The first-order chi connectivity index (χ1) is 15.3. The summed E-state index contributed by atoms with van der Waals surface area (Å²) in [6, 6.07) is 15.8. The number of anilines is 1. The number of carbonyl (C=O) groups is 2. The van der Waals surface area contributed by atoms with Crippen molar-refractivity contribution in [1.82, 2.24) is 5.43 Å². The van der Waals surface area contributed by atoms with Crippen molar-refractivity contribution < 1.29 is 9.59 Å². The van der Waals surface area contributed by atoms with Gasteiger partial charge in [-0.05, 0) is 48.9 Å². The maximum absolute atomic E-state index is 12.6. The monoisotopic (exact) mass is 521 g/mol. The third-order valence-corrected chi connectivity index (χ3v) is 7.60. The summed E-state index contributed by atoms with van der Waals surface area (Å²) in [7, 11) is 0. The molecule has 0 aliphatic heterocycles. The molecule has 4 aromatic rings. The van der Waals surface area contributed by atoms with Crippen molar-refractivity contribution in [2.45, 2.75) is 6.92 Å². The molecule has 32 heavy (non-hydrogen) atoms.